The molecule has 2 aliphatic carbocycles. The van der Waals surface area contributed by atoms with Crippen molar-refractivity contribution in [2.24, 2.45) is 11.8 Å². The molecule has 2 fully saturated rings. The van der Waals surface area contributed by atoms with Crippen LogP contribution in [0.25, 0.3) is 0 Å². The lowest BCUT2D eigenvalue weighted by molar-refractivity contribution is -0.138. The molecule has 0 bridgehead atoms. The summed E-state index contributed by atoms with van der Waals surface area (Å²) in [4.78, 5) is 48.8. The van der Waals surface area contributed by atoms with E-state index in [9.17, 15) is 19.2 Å². The third-order valence-electron chi connectivity index (χ3n) is 10.6. The van der Waals surface area contributed by atoms with Crippen LogP contribution in [0, 0.1) is 11.8 Å². The van der Waals surface area contributed by atoms with Crippen molar-refractivity contribution in [2.75, 3.05) is 13.2 Å². The molecule has 0 N–H and O–H groups in total. The fourth-order valence-corrected chi connectivity index (χ4v) is 7.68. The van der Waals surface area contributed by atoms with Gasteiger partial charge in [0.25, 0.3) is 0 Å². The minimum Gasteiger partial charge on any atom is -0.463 e. The van der Waals surface area contributed by atoms with Gasteiger partial charge in [-0.3, -0.25) is 0 Å². The van der Waals surface area contributed by atoms with Crippen LogP contribution < -0.4 is 9.47 Å². The van der Waals surface area contributed by atoms with E-state index in [1.807, 2.05) is 24.3 Å². The van der Waals surface area contributed by atoms with Crippen molar-refractivity contribution in [2.45, 2.75) is 88.9 Å². The summed E-state index contributed by atoms with van der Waals surface area (Å²) in [6, 6.07) is 19.6. The summed E-state index contributed by atoms with van der Waals surface area (Å²) in [7, 11) is 0. The zero-order chi connectivity index (χ0) is 37.6. The number of ether oxygens (including phenoxy) is 4. The van der Waals surface area contributed by atoms with Gasteiger partial charge in [-0.05, 0) is 148 Å². The first kappa shape index (κ1) is 39.5. The van der Waals surface area contributed by atoms with E-state index in [0.29, 0.717) is 53.0 Å². The summed E-state index contributed by atoms with van der Waals surface area (Å²) in [5.74, 6) is 0.378. The van der Waals surface area contributed by atoms with Crippen LogP contribution in [0.4, 0.5) is 0 Å². The molecule has 8 nitrogen and oxygen atoms in total. The minimum atomic E-state index is -0.577. The molecule has 5 rings (SSSR count). The van der Waals surface area contributed by atoms with E-state index in [0.717, 1.165) is 77.0 Å². The fourth-order valence-electron chi connectivity index (χ4n) is 7.52. The highest BCUT2D eigenvalue weighted by atomic mass is 35.5. The van der Waals surface area contributed by atoms with Crippen LogP contribution in [0.5, 0.6) is 11.5 Å². The van der Waals surface area contributed by atoms with Gasteiger partial charge in [0.1, 0.15) is 0 Å². The van der Waals surface area contributed by atoms with Crippen LogP contribution in [-0.4, -0.2) is 37.1 Å². The molecule has 0 aromatic heterocycles. The normalized spacial score (nSPS) is 19.7. The lowest BCUT2D eigenvalue weighted by atomic mass is 9.77. The predicted octanol–water partition coefficient (Wildman–Crippen LogP) is 10.3. The summed E-state index contributed by atoms with van der Waals surface area (Å²) in [5.41, 5.74) is 3.16. The Morgan fingerprint density at radius 3 is 1.42 bits per heavy atom. The van der Waals surface area contributed by atoms with Crippen molar-refractivity contribution in [1.82, 2.24) is 0 Å². The van der Waals surface area contributed by atoms with Crippen molar-refractivity contribution in [3.8, 4) is 11.5 Å². The molecule has 280 valence electrons. The Hall–Kier alpha value is -4.69. The maximum Gasteiger partial charge on any atom is 0.343 e. The maximum atomic E-state index is 13.2. The van der Waals surface area contributed by atoms with E-state index < -0.39 is 11.9 Å². The molecule has 3 aromatic carbocycles. The molecule has 0 saturated heterocycles. The zero-order valence-electron chi connectivity index (χ0n) is 30.3. The number of rotatable bonds is 16. The molecule has 2 aliphatic rings. The number of carbonyl (C=O) groups is 4. The van der Waals surface area contributed by atoms with Crippen LogP contribution in [0.2, 0.25) is 5.02 Å². The van der Waals surface area contributed by atoms with E-state index in [4.69, 9.17) is 30.5 Å². The van der Waals surface area contributed by atoms with Crippen molar-refractivity contribution in [3.05, 3.63) is 119 Å². The average molecular weight is 741 g/mol. The lowest BCUT2D eigenvalue weighted by Crippen LogP contribution is -2.15. The zero-order valence-corrected chi connectivity index (χ0v) is 31.0. The molecule has 0 atom stereocenters. The van der Waals surface area contributed by atoms with Crippen LogP contribution in [-0.2, 0) is 19.1 Å². The van der Waals surface area contributed by atoms with Gasteiger partial charge in [-0.2, -0.15) is 0 Å². The molecule has 3 aromatic rings. The van der Waals surface area contributed by atoms with E-state index in [1.165, 1.54) is 35.4 Å². The standard InChI is InChI=1S/C44H49ClO8/c1-3-41(46)50-27-5-7-30-9-13-32(14-10-30)34-17-21-36(22-18-34)43(48)52-39-26-25-38(45)29-40(39)53-44(49)37-23-19-35(20-24-37)33-15-11-31(12-16-33)8-6-28-51-42(47)4-2/h3-4,17-26,29-33H,1-2,5-16,27-28H2. The molecular formula is C44H49ClO8. The van der Waals surface area contributed by atoms with E-state index in [2.05, 4.69) is 13.2 Å². The summed E-state index contributed by atoms with van der Waals surface area (Å²) >= 11 is 6.24. The monoisotopic (exact) mass is 740 g/mol. The van der Waals surface area contributed by atoms with Gasteiger partial charge in [-0.1, -0.05) is 49.0 Å². The fraction of sp³-hybridized carbons (Fsp3) is 0.409. The van der Waals surface area contributed by atoms with Crippen LogP contribution in [0.1, 0.15) is 121 Å². The molecule has 2 saturated carbocycles. The Morgan fingerprint density at radius 2 is 1.00 bits per heavy atom. The van der Waals surface area contributed by atoms with Crippen LogP contribution in [0.15, 0.2) is 92.0 Å². The average Bonchev–Trinajstić information content (AvgIpc) is 3.19. The SMILES string of the molecule is C=CC(=O)OCCCC1CCC(c2ccc(C(=O)Oc3ccc(Cl)cc3OC(=O)c3ccc(C4CCC(CCCOC(=O)C=C)CC4)cc3)cc2)CC1. The highest BCUT2D eigenvalue weighted by Crippen LogP contribution is 2.39. The molecule has 9 heteroatoms. The quantitative estimate of drug-likeness (QED) is 0.0618. The predicted molar refractivity (Wildman–Crippen MR) is 204 cm³/mol. The smallest absolute Gasteiger partial charge is 0.343 e. The van der Waals surface area contributed by atoms with Crippen molar-refractivity contribution >= 4 is 35.5 Å². The minimum absolute atomic E-state index is 0.0600. The first-order valence-electron chi connectivity index (χ1n) is 18.7. The second-order valence-corrected chi connectivity index (χ2v) is 14.5. The lowest BCUT2D eigenvalue weighted by Gasteiger charge is -2.29. The van der Waals surface area contributed by atoms with Gasteiger partial charge in [0.15, 0.2) is 11.5 Å². The number of carbonyl (C=O) groups excluding carboxylic acids is 4. The highest BCUT2D eigenvalue weighted by Gasteiger charge is 2.25. The topological polar surface area (TPSA) is 105 Å². The second-order valence-electron chi connectivity index (χ2n) is 14.1. The first-order chi connectivity index (χ1) is 25.7. The summed E-state index contributed by atoms with van der Waals surface area (Å²) in [6.07, 6.45) is 14.9. The Kier molecular flexibility index (Phi) is 14.9. The van der Waals surface area contributed by atoms with Gasteiger partial charge in [-0.25, -0.2) is 19.2 Å². The number of hydrogen-bond acceptors (Lipinski definition) is 8. The number of hydrogen-bond donors (Lipinski definition) is 0. The van der Waals surface area contributed by atoms with Crippen molar-refractivity contribution in [1.29, 1.82) is 0 Å². The molecule has 0 heterocycles. The molecule has 0 aliphatic heterocycles. The van der Waals surface area contributed by atoms with Gasteiger partial charge >= 0.3 is 23.9 Å². The van der Waals surface area contributed by atoms with E-state index in [1.54, 1.807) is 30.3 Å². The third-order valence-corrected chi connectivity index (χ3v) is 10.8. The summed E-state index contributed by atoms with van der Waals surface area (Å²) in [5, 5.41) is 0.339. The third kappa shape index (κ3) is 11.9. The summed E-state index contributed by atoms with van der Waals surface area (Å²) in [6.45, 7) is 7.70. The molecule has 53 heavy (non-hydrogen) atoms. The Labute approximate surface area is 317 Å². The van der Waals surface area contributed by atoms with Gasteiger partial charge in [0, 0.05) is 23.2 Å². The van der Waals surface area contributed by atoms with Crippen LogP contribution >= 0.6 is 11.6 Å². The second kappa shape index (κ2) is 20.0. The van der Waals surface area contributed by atoms with Crippen LogP contribution in [0.3, 0.4) is 0 Å². The van der Waals surface area contributed by atoms with Crippen molar-refractivity contribution < 1.29 is 38.1 Å². The first-order valence-corrected chi connectivity index (χ1v) is 19.1. The number of halogens is 1. The van der Waals surface area contributed by atoms with E-state index in [-0.39, 0.29) is 23.4 Å². The molecule has 0 unspecified atom stereocenters. The molecule has 0 spiro atoms. The Balaban J connectivity index is 1.09. The van der Waals surface area contributed by atoms with Gasteiger partial charge < -0.3 is 18.9 Å². The maximum absolute atomic E-state index is 13.2. The van der Waals surface area contributed by atoms with Crippen molar-refractivity contribution in [3.63, 3.8) is 0 Å². The largest absolute Gasteiger partial charge is 0.463 e. The number of esters is 4. The molecule has 0 radical (unpaired) electrons. The highest BCUT2D eigenvalue weighted by molar-refractivity contribution is 6.30. The number of benzene rings is 3. The van der Waals surface area contributed by atoms with Gasteiger partial charge in [0.2, 0.25) is 0 Å². The Morgan fingerprint density at radius 1 is 0.585 bits per heavy atom. The summed E-state index contributed by atoms with van der Waals surface area (Å²) < 4.78 is 21.6. The molecular weight excluding hydrogens is 692 g/mol. The Bertz CT molecular complexity index is 1710. The van der Waals surface area contributed by atoms with E-state index >= 15 is 0 Å². The van der Waals surface area contributed by atoms with Gasteiger partial charge in [0.05, 0.1) is 24.3 Å². The van der Waals surface area contributed by atoms with Gasteiger partial charge in [-0.15, -0.1) is 0 Å². The molecule has 0 amide bonds.